The van der Waals surface area contributed by atoms with Gasteiger partial charge >= 0.3 is 0 Å². The maximum absolute atomic E-state index is 12.0. The van der Waals surface area contributed by atoms with Crippen LogP contribution in [0.5, 0.6) is 0 Å². The Hall–Kier alpha value is -0.580. The number of methoxy groups -OCH3 is 1. The summed E-state index contributed by atoms with van der Waals surface area (Å²) in [4.78, 5) is 12.0. The maximum atomic E-state index is 12.0. The minimum Gasteiger partial charge on any atom is -0.381 e. The Balaban J connectivity index is 1.98. The van der Waals surface area contributed by atoms with Crippen LogP contribution < -0.4 is 5.32 Å². The zero-order valence-corrected chi connectivity index (χ0v) is 11.7. The normalized spacial score (nSPS) is 23.0. The average molecular weight is 319 g/mol. The number of amides is 1. The molecule has 5 heteroatoms. The molecule has 0 atom stereocenters. The quantitative estimate of drug-likeness (QED) is 0.930. The largest absolute Gasteiger partial charge is 0.381 e. The number of carbonyl (C=O) groups excluding carboxylic acids is 1. The molecule has 1 N–H and O–H groups in total. The van der Waals surface area contributed by atoms with Crippen LogP contribution >= 0.6 is 27.5 Å². The minimum absolute atomic E-state index is 0.129. The number of halogens is 2. The topological polar surface area (TPSA) is 38.3 Å². The molecule has 0 aromatic heterocycles. The van der Waals surface area contributed by atoms with E-state index in [1.165, 1.54) is 0 Å². The van der Waals surface area contributed by atoms with Crippen molar-refractivity contribution < 1.29 is 9.53 Å². The number of hydrogen-bond donors (Lipinski definition) is 1. The van der Waals surface area contributed by atoms with Crippen LogP contribution in [-0.2, 0) is 4.74 Å². The Bertz CT molecular complexity index is 433. The highest BCUT2D eigenvalue weighted by molar-refractivity contribution is 9.10. The summed E-state index contributed by atoms with van der Waals surface area (Å²) in [5.41, 5.74) is 0.502. The van der Waals surface area contributed by atoms with Crippen molar-refractivity contribution in [1.29, 1.82) is 0 Å². The van der Waals surface area contributed by atoms with Crippen molar-refractivity contribution in [3.05, 3.63) is 33.3 Å². The monoisotopic (exact) mass is 317 g/mol. The fourth-order valence-corrected chi connectivity index (χ4v) is 2.38. The Morgan fingerprint density at radius 1 is 1.53 bits per heavy atom. The number of nitrogens with one attached hydrogen (secondary N) is 1. The maximum Gasteiger partial charge on any atom is 0.253 e. The van der Waals surface area contributed by atoms with Gasteiger partial charge in [-0.25, -0.2) is 0 Å². The number of rotatable bonds is 3. The molecule has 0 radical (unpaired) electrons. The van der Waals surface area contributed by atoms with Gasteiger partial charge in [0.15, 0.2) is 0 Å². The third kappa shape index (κ3) is 3.00. The molecule has 1 amide bonds. The molecular weight excluding hydrogens is 305 g/mol. The van der Waals surface area contributed by atoms with Crippen LogP contribution in [0.15, 0.2) is 22.7 Å². The number of carbonyl (C=O) groups is 1. The fourth-order valence-electron chi connectivity index (χ4n) is 1.81. The first-order valence-corrected chi connectivity index (χ1v) is 6.56. The van der Waals surface area contributed by atoms with Crippen molar-refractivity contribution in [3.8, 4) is 0 Å². The molecule has 0 unspecified atom stereocenters. The first kappa shape index (κ1) is 12.9. The lowest BCUT2D eigenvalue weighted by Crippen LogP contribution is -2.47. The van der Waals surface area contributed by atoms with E-state index in [1.807, 2.05) is 6.07 Å². The van der Waals surface area contributed by atoms with E-state index >= 15 is 0 Å². The van der Waals surface area contributed by atoms with Gasteiger partial charge in [-0.1, -0.05) is 27.5 Å². The highest BCUT2D eigenvalue weighted by Gasteiger charge is 2.30. The minimum atomic E-state index is -0.129. The lowest BCUT2D eigenvalue weighted by Gasteiger charge is -2.34. The van der Waals surface area contributed by atoms with Gasteiger partial charge in [0, 0.05) is 17.6 Å². The van der Waals surface area contributed by atoms with Crippen molar-refractivity contribution in [3.63, 3.8) is 0 Å². The van der Waals surface area contributed by atoms with Crippen LogP contribution in [0.25, 0.3) is 0 Å². The summed E-state index contributed by atoms with van der Waals surface area (Å²) < 4.78 is 6.00. The van der Waals surface area contributed by atoms with Gasteiger partial charge in [-0.15, -0.1) is 0 Å². The van der Waals surface area contributed by atoms with Gasteiger partial charge in [0.05, 0.1) is 16.7 Å². The zero-order chi connectivity index (χ0) is 12.4. The number of benzene rings is 1. The van der Waals surface area contributed by atoms with E-state index in [4.69, 9.17) is 16.3 Å². The van der Waals surface area contributed by atoms with Gasteiger partial charge in [0.2, 0.25) is 0 Å². The van der Waals surface area contributed by atoms with Gasteiger partial charge in [0.25, 0.3) is 5.91 Å². The van der Waals surface area contributed by atoms with Crippen molar-refractivity contribution in [2.45, 2.75) is 25.0 Å². The molecule has 92 valence electrons. The average Bonchev–Trinajstić information content (AvgIpc) is 2.25. The summed E-state index contributed by atoms with van der Waals surface area (Å²) in [6, 6.07) is 5.44. The molecule has 0 spiro atoms. The smallest absolute Gasteiger partial charge is 0.253 e. The second-order valence-corrected chi connectivity index (χ2v) is 5.45. The number of ether oxygens (including phenoxy) is 1. The highest BCUT2D eigenvalue weighted by atomic mass is 79.9. The summed E-state index contributed by atoms with van der Waals surface area (Å²) in [6.45, 7) is 0. The Morgan fingerprint density at radius 3 is 2.88 bits per heavy atom. The predicted octanol–water partition coefficient (Wildman–Crippen LogP) is 3.01. The molecule has 0 saturated heterocycles. The first-order valence-electron chi connectivity index (χ1n) is 5.39. The SMILES string of the molecule is COC1CC(NC(=O)c2cc(Br)ccc2Cl)C1. The molecule has 2 rings (SSSR count). The molecule has 1 aliphatic carbocycles. The molecule has 1 aromatic rings. The molecule has 3 nitrogen and oxygen atoms in total. The van der Waals surface area contributed by atoms with E-state index in [1.54, 1.807) is 19.2 Å². The summed E-state index contributed by atoms with van der Waals surface area (Å²) in [5, 5.41) is 3.41. The summed E-state index contributed by atoms with van der Waals surface area (Å²) in [7, 11) is 1.69. The molecule has 0 bridgehead atoms. The molecular formula is C12H13BrClNO2. The third-order valence-electron chi connectivity index (χ3n) is 2.94. The second-order valence-electron chi connectivity index (χ2n) is 4.12. The molecule has 0 aliphatic heterocycles. The van der Waals surface area contributed by atoms with Crippen LogP contribution in [-0.4, -0.2) is 25.2 Å². The van der Waals surface area contributed by atoms with Crippen LogP contribution in [0.4, 0.5) is 0 Å². The number of hydrogen-bond acceptors (Lipinski definition) is 2. The van der Waals surface area contributed by atoms with Gasteiger partial charge in [0.1, 0.15) is 0 Å². The Kier molecular flexibility index (Phi) is 4.07. The van der Waals surface area contributed by atoms with Crippen molar-refractivity contribution in [2.24, 2.45) is 0 Å². The van der Waals surface area contributed by atoms with E-state index in [9.17, 15) is 4.79 Å². The van der Waals surface area contributed by atoms with Crippen molar-refractivity contribution in [2.75, 3.05) is 7.11 Å². The Morgan fingerprint density at radius 2 is 2.24 bits per heavy atom. The van der Waals surface area contributed by atoms with E-state index in [0.717, 1.165) is 17.3 Å². The van der Waals surface area contributed by atoms with Crippen LogP contribution in [0.2, 0.25) is 5.02 Å². The van der Waals surface area contributed by atoms with Crippen molar-refractivity contribution >= 4 is 33.4 Å². The van der Waals surface area contributed by atoms with E-state index in [2.05, 4.69) is 21.2 Å². The van der Waals surface area contributed by atoms with Gasteiger partial charge < -0.3 is 10.1 Å². The molecule has 1 aromatic carbocycles. The van der Waals surface area contributed by atoms with Crippen molar-refractivity contribution in [1.82, 2.24) is 5.32 Å². The van der Waals surface area contributed by atoms with Crippen LogP contribution in [0, 0.1) is 0 Å². The molecule has 0 heterocycles. The van der Waals surface area contributed by atoms with Gasteiger partial charge in [-0.2, -0.15) is 0 Å². The fraction of sp³-hybridized carbons (Fsp3) is 0.417. The molecule has 1 fully saturated rings. The summed E-state index contributed by atoms with van der Waals surface area (Å²) >= 11 is 9.31. The molecule has 1 saturated carbocycles. The summed E-state index contributed by atoms with van der Waals surface area (Å²) in [6.07, 6.45) is 2.01. The zero-order valence-electron chi connectivity index (χ0n) is 9.37. The first-order chi connectivity index (χ1) is 8.10. The Labute approximate surface area is 114 Å². The third-order valence-corrected chi connectivity index (χ3v) is 3.76. The van der Waals surface area contributed by atoms with E-state index in [-0.39, 0.29) is 18.1 Å². The molecule has 1 aliphatic rings. The van der Waals surface area contributed by atoms with E-state index < -0.39 is 0 Å². The standard InChI is InChI=1S/C12H13BrClNO2/c1-17-9-5-8(6-9)15-12(16)10-4-7(13)2-3-11(10)14/h2-4,8-9H,5-6H2,1H3,(H,15,16). The lowest BCUT2D eigenvalue weighted by molar-refractivity contribution is 0.0176. The highest BCUT2D eigenvalue weighted by Crippen LogP contribution is 2.25. The molecule has 17 heavy (non-hydrogen) atoms. The second kappa shape index (κ2) is 5.38. The van der Waals surface area contributed by atoms with Crippen LogP contribution in [0.3, 0.4) is 0 Å². The lowest BCUT2D eigenvalue weighted by atomic mass is 9.89. The van der Waals surface area contributed by atoms with E-state index in [0.29, 0.717) is 10.6 Å². The van der Waals surface area contributed by atoms with Gasteiger partial charge in [-0.05, 0) is 31.0 Å². The predicted molar refractivity (Wildman–Crippen MR) is 70.4 cm³/mol. The van der Waals surface area contributed by atoms with Crippen LogP contribution in [0.1, 0.15) is 23.2 Å². The van der Waals surface area contributed by atoms with Gasteiger partial charge in [-0.3, -0.25) is 4.79 Å². The summed E-state index contributed by atoms with van der Waals surface area (Å²) in [5.74, 6) is -0.129.